The van der Waals surface area contributed by atoms with Crippen molar-refractivity contribution in [2.75, 3.05) is 13.7 Å². The summed E-state index contributed by atoms with van der Waals surface area (Å²) in [6.07, 6.45) is 11.9. The van der Waals surface area contributed by atoms with Crippen LogP contribution in [-0.4, -0.2) is 69.9 Å². The van der Waals surface area contributed by atoms with Crippen molar-refractivity contribution in [1.29, 1.82) is 0 Å². The first kappa shape index (κ1) is 28.2. The van der Waals surface area contributed by atoms with Crippen molar-refractivity contribution in [3.63, 3.8) is 0 Å². The number of hydrogen-bond acceptors (Lipinski definition) is 7. The summed E-state index contributed by atoms with van der Waals surface area (Å²) in [6.45, 7) is 4.14. The Labute approximate surface area is 272 Å². The number of carbonyl (C=O) groups excluding carboxylic acids is 1. The van der Waals surface area contributed by atoms with E-state index in [0.717, 1.165) is 58.8 Å². The van der Waals surface area contributed by atoms with Gasteiger partial charge in [-0.05, 0) is 86.9 Å². The van der Waals surface area contributed by atoms with E-state index in [1.807, 2.05) is 59.9 Å². The van der Waals surface area contributed by atoms with E-state index in [0.29, 0.717) is 41.8 Å². The molecule has 6 heterocycles. The number of aromatic nitrogens is 7. The fourth-order valence-corrected chi connectivity index (χ4v) is 7.90. The van der Waals surface area contributed by atoms with Crippen LogP contribution in [0, 0.1) is 11.8 Å². The van der Waals surface area contributed by atoms with Crippen LogP contribution in [0.25, 0.3) is 39.4 Å². The Morgan fingerprint density at radius 1 is 1.04 bits per heavy atom. The van der Waals surface area contributed by atoms with Crippen LogP contribution in [0.5, 0.6) is 5.75 Å². The Bertz CT molecular complexity index is 2160. The SMILES string of the molecule is COc1cc(C(=O)N2CC3CCC2[C@]3(C)N)cc2nc(-c3cc4cccnc4n3CC3CC3)n(Cc3cnn(-c4ccccn4)c3)c12. The van der Waals surface area contributed by atoms with Gasteiger partial charge in [0.15, 0.2) is 11.6 Å². The number of benzene rings is 1. The van der Waals surface area contributed by atoms with Gasteiger partial charge in [0.05, 0.1) is 37.1 Å². The Hall–Kier alpha value is -5.03. The third-order valence-electron chi connectivity index (χ3n) is 10.6. The molecule has 2 aliphatic carbocycles. The van der Waals surface area contributed by atoms with Crippen LogP contribution in [0.3, 0.4) is 0 Å². The lowest BCUT2D eigenvalue weighted by molar-refractivity contribution is 0.0691. The maximum Gasteiger partial charge on any atom is 0.254 e. The number of carbonyl (C=O) groups is 1. The van der Waals surface area contributed by atoms with Gasteiger partial charge in [0, 0.05) is 53.7 Å². The topological polar surface area (TPSA) is 122 Å². The van der Waals surface area contributed by atoms with E-state index >= 15 is 0 Å². The van der Waals surface area contributed by atoms with Crippen molar-refractivity contribution in [2.24, 2.45) is 17.6 Å². The fraction of sp³-hybridized carbons (Fsp3) is 0.361. The highest BCUT2D eigenvalue weighted by Crippen LogP contribution is 2.45. The molecule has 11 heteroatoms. The minimum atomic E-state index is -0.360. The third-order valence-corrected chi connectivity index (χ3v) is 10.6. The first-order chi connectivity index (χ1) is 22.9. The van der Waals surface area contributed by atoms with Crippen LogP contribution < -0.4 is 10.5 Å². The number of nitrogens with zero attached hydrogens (tertiary/aromatic N) is 8. The Balaban J connectivity index is 1.20. The van der Waals surface area contributed by atoms with Gasteiger partial charge in [-0.25, -0.2) is 19.6 Å². The number of pyridine rings is 2. The second kappa shape index (κ2) is 10.5. The number of fused-ring (bicyclic) bond motifs is 4. The lowest BCUT2D eigenvalue weighted by atomic mass is 9.92. The van der Waals surface area contributed by atoms with E-state index in [1.165, 1.54) is 12.8 Å². The summed E-state index contributed by atoms with van der Waals surface area (Å²) in [5.74, 6) is 3.07. The monoisotopic (exact) mass is 627 g/mol. The van der Waals surface area contributed by atoms with Gasteiger partial charge in [0.25, 0.3) is 5.91 Å². The van der Waals surface area contributed by atoms with Gasteiger partial charge in [0.2, 0.25) is 0 Å². The average molecular weight is 628 g/mol. The number of amides is 1. The van der Waals surface area contributed by atoms with E-state index in [-0.39, 0.29) is 17.5 Å². The second-order valence-corrected chi connectivity index (χ2v) is 13.7. The summed E-state index contributed by atoms with van der Waals surface area (Å²) >= 11 is 0. The van der Waals surface area contributed by atoms with Gasteiger partial charge >= 0.3 is 0 Å². The third kappa shape index (κ3) is 4.55. The van der Waals surface area contributed by atoms with Crippen LogP contribution in [0.1, 0.15) is 48.5 Å². The number of piperidine rings is 1. The van der Waals surface area contributed by atoms with Crippen LogP contribution in [0.4, 0.5) is 0 Å². The van der Waals surface area contributed by atoms with Crippen LogP contribution >= 0.6 is 0 Å². The maximum absolute atomic E-state index is 14.1. The molecule has 0 spiro atoms. The first-order valence-electron chi connectivity index (χ1n) is 16.5. The molecule has 6 aromatic rings. The molecule has 1 amide bonds. The van der Waals surface area contributed by atoms with Gasteiger partial charge in [-0.1, -0.05) is 6.07 Å². The fourth-order valence-electron chi connectivity index (χ4n) is 7.90. The second-order valence-electron chi connectivity index (χ2n) is 13.7. The minimum Gasteiger partial charge on any atom is -0.494 e. The predicted octanol–water partition coefficient (Wildman–Crippen LogP) is 5.05. The van der Waals surface area contributed by atoms with Crippen molar-refractivity contribution < 1.29 is 9.53 Å². The molecule has 11 nitrogen and oxygen atoms in total. The summed E-state index contributed by atoms with van der Waals surface area (Å²) in [5.41, 5.74) is 11.4. The smallest absolute Gasteiger partial charge is 0.254 e. The standard InChI is InChI=1S/C36H37N9O2/c1-36(37)26-10-11-30(36)43(21-26)35(46)25-14-27-32(29(16-25)47-2)44(19-23-17-40-45(20-23)31-7-3-4-12-38-31)34(41-27)28-15-24-6-5-13-39-33(24)42(28)18-22-8-9-22/h3-7,12-17,20,22,26,30H,8-11,18-19,21,37H2,1-2H3/t26?,30?,36-/m1/s1. The molecule has 3 fully saturated rings. The molecule has 5 aromatic heterocycles. The molecule has 0 radical (unpaired) electrons. The van der Waals surface area contributed by atoms with E-state index in [1.54, 1.807) is 18.0 Å². The summed E-state index contributed by atoms with van der Waals surface area (Å²) in [4.78, 5) is 30.6. The lowest BCUT2D eigenvalue weighted by Gasteiger charge is -2.29. The minimum absolute atomic E-state index is 0.0196. The van der Waals surface area contributed by atoms with E-state index in [9.17, 15) is 4.79 Å². The zero-order valence-corrected chi connectivity index (χ0v) is 26.6. The van der Waals surface area contributed by atoms with Gasteiger partial charge in [-0.2, -0.15) is 5.10 Å². The number of nitrogens with two attached hydrogens (primary N) is 1. The van der Waals surface area contributed by atoms with E-state index in [4.69, 9.17) is 20.4 Å². The van der Waals surface area contributed by atoms with Gasteiger partial charge < -0.3 is 24.5 Å². The number of hydrogen-bond donors (Lipinski definition) is 1. The molecule has 2 unspecified atom stereocenters. The largest absolute Gasteiger partial charge is 0.494 e. The average Bonchev–Trinajstić information content (AvgIpc) is 3.34. The normalized spacial score (nSPS) is 22.1. The van der Waals surface area contributed by atoms with Crippen molar-refractivity contribution in [2.45, 2.75) is 57.3 Å². The molecular weight excluding hydrogens is 590 g/mol. The highest BCUT2D eigenvalue weighted by Gasteiger charge is 2.54. The zero-order valence-electron chi connectivity index (χ0n) is 26.6. The predicted molar refractivity (Wildman–Crippen MR) is 178 cm³/mol. The zero-order chi connectivity index (χ0) is 31.9. The molecule has 3 atom stereocenters. The van der Waals surface area contributed by atoms with Gasteiger partial charge in [-0.3, -0.25) is 4.79 Å². The molecule has 238 valence electrons. The Morgan fingerprint density at radius 3 is 2.66 bits per heavy atom. The molecule has 2 saturated carbocycles. The van der Waals surface area contributed by atoms with E-state index in [2.05, 4.69) is 38.3 Å². The number of ether oxygens (including phenoxy) is 1. The molecule has 9 rings (SSSR count). The van der Waals surface area contributed by atoms with Crippen molar-refractivity contribution in [3.05, 3.63) is 84.4 Å². The Morgan fingerprint density at radius 2 is 1.91 bits per heavy atom. The molecule has 2 N–H and O–H groups in total. The molecule has 1 saturated heterocycles. The highest BCUT2D eigenvalue weighted by molar-refractivity contribution is 6.00. The van der Waals surface area contributed by atoms with Crippen molar-refractivity contribution >= 4 is 28.0 Å². The van der Waals surface area contributed by atoms with Crippen LogP contribution in [0.2, 0.25) is 0 Å². The molecule has 47 heavy (non-hydrogen) atoms. The molecule has 2 bridgehead atoms. The van der Waals surface area contributed by atoms with Crippen molar-refractivity contribution in [3.8, 4) is 23.1 Å². The quantitative estimate of drug-likeness (QED) is 0.251. The number of likely N-dealkylation sites (tertiary alicyclic amines) is 1. The summed E-state index contributed by atoms with van der Waals surface area (Å²) in [7, 11) is 1.65. The number of methoxy groups -OCH3 is 1. The molecule has 1 aliphatic heterocycles. The van der Waals surface area contributed by atoms with Crippen molar-refractivity contribution in [1.82, 2.24) is 38.8 Å². The van der Waals surface area contributed by atoms with Crippen LogP contribution in [-0.2, 0) is 13.1 Å². The highest BCUT2D eigenvalue weighted by atomic mass is 16.5. The summed E-state index contributed by atoms with van der Waals surface area (Å²) in [5, 5.41) is 5.69. The van der Waals surface area contributed by atoms with Gasteiger partial charge in [-0.15, -0.1) is 0 Å². The molecule has 1 aromatic carbocycles. The van der Waals surface area contributed by atoms with Gasteiger partial charge in [0.1, 0.15) is 16.9 Å². The maximum atomic E-state index is 14.1. The Kier molecular flexibility index (Phi) is 6.30. The number of rotatable bonds is 8. The number of imidazole rings is 1. The first-order valence-corrected chi connectivity index (χ1v) is 16.5. The molecular formula is C36H37N9O2. The molecule has 3 aliphatic rings. The summed E-state index contributed by atoms with van der Waals surface area (Å²) in [6, 6.07) is 15.8. The van der Waals surface area contributed by atoms with E-state index < -0.39 is 0 Å². The van der Waals surface area contributed by atoms with Crippen LogP contribution in [0.15, 0.2) is 73.3 Å². The summed E-state index contributed by atoms with van der Waals surface area (Å²) < 4.78 is 12.3. The lowest BCUT2D eigenvalue weighted by Crippen LogP contribution is -2.49.